The zero-order valence-corrected chi connectivity index (χ0v) is 11.9. The highest BCUT2D eigenvalue weighted by Gasteiger charge is 2.11. The molecule has 0 aliphatic rings. The largest absolute Gasteiger partial charge is 0.325 e. The summed E-state index contributed by atoms with van der Waals surface area (Å²) < 4.78 is 24.7. The van der Waals surface area contributed by atoms with Crippen LogP contribution in [-0.2, 0) is 15.6 Å². The van der Waals surface area contributed by atoms with E-state index in [1.807, 2.05) is 0 Å². The van der Waals surface area contributed by atoms with E-state index in [9.17, 15) is 13.4 Å². The van der Waals surface area contributed by atoms with Crippen LogP contribution in [-0.4, -0.2) is 15.9 Å². The fraction of sp³-hybridized carbons (Fsp3) is 0.0714. The van der Waals surface area contributed by atoms with Crippen molar-refractivity contribution >= 4 is 34.0 Å². The first-order valence-corrected chi connectivity index (χ1v) is 7.43. The molecule has 1 amide bonds. The van der Waals surface area contributed by atoms with Crippen LogP contribution in [0.2, 0.25) is 5.02 Å². The molecule has 0 aliphatic carbocycles. The summed E-state index contributed by atoms with van der Waals surface area (Å²) in [5, 5.41) is 3.02. The van der Waals surface area contributed by atoms with Crippen LogP contribution in [0.1, 0.15) is 0 Å². The van der Waals surface area contributed by atoms with E-state index < -0.39 is 16.7 Å². The minimum absolute atomic E-state index is 0.183. The van der Waals surface area contributed by atoms with E-state index in [0.29, 0.717) is 15.6 Å². The van der Waals surface area contributed by atoms with Crippen LogP contribution in [0.5, 0.6) is 0 Å². The molecule has 0 saturated heterocycles. The van der Waals surface area contributed by atoms with Crippen LogP contribution >= 0.6 is 11.6 Å². The van der Waals surface area contributed by atoms with Crippen molar-refractivity contribution in [3.05, 3.63) is 59.4 Å². The van der Waals surface area contributed by atoms with Gasteiger partial charge in [0.1, 0.15) is 11.6 Å². The highest BCUT2D eigenvalue weighted by Crippen LogP contribution is 2.14. The van der Waals surface area contributed by atoms with E-state index in [2.05, 4.69) is 5.32 Å². The van der Waals surface area contributed by atoms with Crippen LogP contribution in [0.3, 0.4) is 0 Å². The van der Waals surface area contributed by atoms with Crippen molar-refractivity contribution in [3.8, 4) is 0 Å². The van der Waals surface area contributed by atoms with Gasteiger partial charge in [0.25, 0.3) is 0 Å². The fourth-order valence-electron chi connectivity index (χ4n) is 1.54. The van der Waals surface area contributed by atoms with Gasteiger partial charge in [-0.05, 0) is 42.5 Å². The number of nitrogens with one attached hydrogen (secondary N) is 1. The number of hydrogen-bond donors (Lipinski definition) is 1. The van der Waals surface area contributed by atoms with E-state index in [1.165, 1.54) is 24.3 Å². The Bertz CT molecular complexity index is 646. The lowest BCUT2D eigenvalue weighted by Crippen LogP contribution is -2.19. The van der Waals surface area contributed by atoms with Crippen LogP contribution in [0, 0.1) is 5.82 Å². The molecule has 1 atom stereocenters. The zero-order valence-electron chi connectivity index (χ0n) is 10.3. The van der Waals surface area contributed by atoms with Gasteiger partial charge in [-0.25, -0.2) is 4.39 Å². The summed E-state index contributed by atoms with van der Waals surface area (Å²) in [4.78, 5) is 12.2. The Labute approximate surface area is 123 Å². The molecular weight excluding hydrogens is 301 g/mol. The Morgan fingerprint density at radius 2 is 1.90 bits per heavy atom. The molecule has 0 fully saturated rings. The number of benzene rings is 2. The number of carbonyl (C=O) groups is 1. The Morgan fingerprint density at radius 1 is 1.20 bits per heavy atom. The average Bonchev–Trinajstić information content (AvgIpc) is 2.41. The van der Waals surface area contributed by atoms with Crippen molar-refractivity contribution in [1.29, 1.82) is 0 Å². The molecule has 6 heteroatoms. The molecule has 0 heterocycles. The number of rotatable bonds is 4. The van der Waals surface area contributed by atoms with Gasteiger partial charge >= 0.3 is 0 Å². The van der Waals surface area contributed by atoms with Crippen molar-refractivity contribution in [3.63, 3.8) is 0 Å². The average molecular weight is 312 g/mol. The molecule has 0 aromatic heterocycles. The predicted molar refractivity (Wildman–Crippen MR) is 77.8 cm³/mol. The molecule has 0 saturated carbocycles. The SMILES string of the molecule is O=C(C[S@](=O)c1cccc(Cl)c1)Nc1ccc(F)cc1. The Morgan fingerprint density at radius 3 is 2.55 bits per heavy atom. The second-order valence-electron chi connectivity index (χ2n) is 4.00. The second kappa shape index (κ2) is 6.63. The van der Waals surface area contributed by atoms with Gasteiger partial charge in [0.2, 0.25) is 5.91 Å². The first kappa shape index (κ1) is 14.7. The Hall–Kier alpha value is -1.72. The molecule has 104 valence electrons. The van der Waals surface area contributed by atoms with E-state index in [0.717, 1.165) is 0 Å². The van der Waals surface area contributed by atoms with Crippen molar-refractivity contribution in [2.24, 2.45) is 0 Å². The Kier molecular flexibility index (Phi) is 4.87. The zero-order chi connectivity index (χ0) is 14.5. The lowest BCUT2D eigenvalue weighted by molar-refractivity contribution is -0.113. The normalized spacial score (nSPS) is 11.9. The lowest BCUT2D eigenvalue weighted by atomic mass is 10.3. The van der Waals surface area contributed by atoms with Crippen LogP contribution in [0.25, 0.3) is 0 Å². The smallest absolute Gasteiger partial charge is 0.237 e. The van der Waals surface area contributed by atoms with E-state index in [-0.39, 0.29) is 11.6 Å². The number of anilines is 1. The lowest BCUT2D eigenvalue weighted by Gasteiger charge is -2.05. The van der Waals surface area contributed by atoms with Gasteiger partial charge in [-0.15, -0.1) is 0 Å². The van der Waals surface area contributed by atoms with E-state index in [4.69, 9.17) is 11.6 Å². The topological polar surface area (TPSA) is 46.2 Å². The molecule has 0 bridgehead atoms. The van der Waals surface area contributed by atoms with Crippen molar-refractivity contribution < 1.29 is 13.4 Å². The quantitative estimate of drug-likeness (QED) is 0.942. The van der Waals surface area contributed by atoms with Gasteiger partial charge in [0.05, 0.1) is 10.8 Å². The predicted octanol–water partition coefficient (Wildman–Crippen LogP) is 3.23. The minimum Gasteiger partial charge on any atom is -0.325 e. The van der Waals surface area contributed by atoms with Crippen LogP contribution in [0.4, 0.5) is 10.1 Å². The van der Waals surface area contributed by atoms with E-state index >= 15 is 0 Å². The number of hydrogen-bond acceptors (Lipinski definition) is 2. The molecule has 0 aliphatic heterocycles. The number of halogens is 2. The fourth-order valence-corrected chi connectivity index (χ4v) is 2.76. The number of amides is 1. The first-order valence-electron chi connectivity index (χ1n) is 5.74. The van der Waals surface area contributed by atoms with Gasteiger partial charge in [-0.1, -0.05) is 17.7 Å². The maximum absolute atomic E-state index is 12.7. The molecule has 0 spiro atoms. The van der Waals surface area contributed by atoms with Crippen molar-refractivity contribution in [1.82, 2.24) is 0 Å². The molecule has 0 unspecified atom stereocenters. The summed E-state index contributed by atoms with van der Waals surface area (Å²) in [5.74, 6) is -0.974. The van der Waals surface area contributed by atoms with Gasteiger partial charge in [-0.3, -0.25) is 9.00 Å². The van der Waals surface area contributed by atoms with E-state index in [1.54, 1.807) is 24.3 Å². The second-order valence-corrected chi connectivity index (χ2v) is 5.89. The summed E-state index contributed by atoms with van der Waals surface area (Å²) in [7, 11) is -1.47. The highest BCUT2D eigenvalue weighted by atomic mass is 35.5. The maximum atomic E-state index is 12.7. The third-order valence-corrected chi connectivity index (χ3v) is 3.99. The molecule has 0 radical (unpaired) electrons. The van der Waals surface area contributed by atoms with Crippen LogP contribution in [0.15, 0.2) is 53.4 Å². The summed E-state index contributed by atoms with van der Waals surface area (Å²) in [6.45, 7) is 0. The molecule has 3 nitrogen and oxygen atoms in total. The molecule has 20 heavy (non-hydrogen) atoms. The summed E-state index contributed by atoms with van der Waals surface area (Å²) in [5.41, 5.74) is 0.458. The first-order chi connectivity index (χ1) is 9.54. The maximum Gasteiger partial charge on any atom is 0.237 e. The Balaban J connectivity index is 1.97. The summed E-state index contributed by atoms with van der Waals surface area (Å²) >= 11 is 5.80. The summed E-state index contributed by atoms with van der Waals surface area (Å²) in [6, 6.07) is 11.9. The minimum atomic E-state index is -1.47. The van der Waals surface area contributed by atoms with Crippen molar-refractivity contribution in [2.45, 2.75) is 4.90 Å². The number of carbonyl (C=O) groups excluding carboxylic acids is 1. The monoisotopic (exact) mass is 311 g/mol. The standard InChI is InChI=1S/C14H11ClFNO2S/c15-10-2-1-3-13(8-10)20(19)9-14(18)17-12-6-4-11(16)5-7-12/h1-8H,9H2,(H,17,18)/t20-/m0/s1. The highest BCUT2D eigenvalue weighted by molar-refractivity contribution is 7.85. The van der Waals surface area contributed by atoms with Gasteiger partial charge in [-0.2, -0.15) is 0 Å². The van der Waals surface area contributed by atoms with Crippen LogP contribution < -0.4 is 5.32 Å². The molecule has 2 aromatic carbocycles. The third kappa shape index (κ3) is 4.15. The molecule has 1 N–H and O–H groups in total. The molecular formula is C14H11ClFNO2S. The van der Waals surface area contributed by atoms with Crippen molar-refractivity contribution in [2.75, 3.05) is 11.1 Å². The van der Waals surface area contributed by atoms with Gasteiger partial charge in [0.15, 0.2) is 0 Å². The third-order valence-electron chi connectivity index (χ3n) is 2.45. The van der Waals surface area contributed by atoms with Gasteiger partial charge in [0, 0.05) is 15.6 Å². The van der Waals surface area contributed by atoms with Gasteiger partial charge < -0.3 is 5.32 Å². The molecule has 2 aromatic rings. The summed E-state index contributed by atoms with van der Waals surface area (Å²) in [6.07, 6.45) is 0. The molecule has 2 rings (SSSR count).